The van der Waals surface area contributed by atoms with Gasteiger partial charge < -0.3 is 5.73 Å². The van der Waals surface area contributed by atoms with Crippen LogP contribution in [0, 0.1) is 5.92 Å². The maximum atomic E-state index is 5.86. The molecule has 0 aliphatic heterocycles. The Labute approximate surface area is 111 Å². The van der Waals surface area contributed by atoms with Gasteiger partial charge in [0, 0.05) is 24.8 Å². The molecule has 1 saturated carbocycles. The number of rotatable bonds is 7. The number of hydrogen-bond acceptors (Lipinski definition) is 2. The van der Waals surface area contributed by atoms with Crippen LogP contribution < -0.4 is 5.73 Å². The Balaban J connectivity index is 1.94. The minimum Gasteiger partial charge on any atom is -0.399 e. The lowest BCUT2D eigenvalue weighted by Gasteiger charge is -2.25. The Hall–Kier alpha value is -1.02. The summed E-state index contributed by atoms with van der Waals surface area (Å²) in [5.74, 6) is 0.802. The van der Waals surface area contributed by atoms with Gasteiger partial charge in [0.1, 0.15) is 0 Å². The van der Waals surface area contributed by atoms with Crippen molar-refractivity contribution >= 4 is 5.69 Å². The second-order valence-corrected chi connectivity index (χ2v) is 5.80. The van der Waals surface area contributed by atoms with E-state index in [9.17, 15) is 0 Å². The average molecular weight is 246 g/mol. The Kier molecular flexibility index (Phi) is 4.65. The van der Waals surface area contributed by atoms with E-state index < -0.39 is 0 Å². The summed E-state index contributed by atoms with van der Waals surface area (Å²) < 4.78 is 0. The van der Waals surface area contributed by atoms with Gasteiger partial charge in [-0.15, -0.1) is 0 Å². The van der Waals surface area contributed by atoms with Crippen molar-refractivity contribution in [3.63, 3.8) is 0 Å². The molecule has 0 bridgehead atoms. The van der Waals surface area contributed by atoms with Crippen molar-refractivity contribution in [2.75, 3.05) is 12.3 Å². The van der Waals surface area contributed by atoms with Gasteiger partial charge in [-0.05, 0) is 42.9 Å². The van der Waals surface area contributed by atoms with Crippen LogP contribution in [-0.2, 0) is 6.54 Å². The van der Waals surface area contributed by atoms with E-state index in [4.69, 9.17) is 5.73 Å². The quantitative estimate of drug-likeness (QED) is 0.744. The van der Waals surface area contributed by atoms with E-state index in [-0.39, 0.29) is 0 Å². The van der Waals surface area contributed by atoms with Crippen LogP contribution in [0.4, 0.5) is 5.69 Å². The lowest BCUT2D eigenvalue weighted by atomic mass is 10.0. The molecule has 0 amide bonds. The van der Waals surface area contributed by atoms with Gasteiger partial charge in [-0.25, -0.2) is 0 Å². The van der Waals surface area contributed by atoms with Gasteiger partial charge in [0.05, 0.1) is 0 Å². The first-order chi connectivity index (χ1) is 8.69. The van der Waals surface area contributed by atoms with E-state index in [1.807, 2.05) is 6.07 Å². The number of nitrogens with two attached hydrogens (primary N) is 1. The molecule has 0 heterocycles. The maximum Gasteiger partial charge on any atom is 0.0317 e. The molecule has 100 valence electrons. The highest BCUT2D eigenvalue weighted by Gasteiger charge is 2.29. The van der Waals surface area contributed by atoms with Crippen LogP contribution in [0.1, 0.15) is 45.1 Å². The van der Waals surface area contributed by atoms with Crippen molar-refractivity contribution in [2.24, 2.45) is 5.92 Å². The molecule has 0 saturated heterocycles. The number of anilines is 1. The Morgan fingerprint density at radius 2 is 2.17 bits per heavy atom. The molecular weight excluding hydrogens is 220 g/mol. The Morgan fingerprint density at radius 3 is 2.78 bits per heavy atom. The zero-order chi connectivity index (χ0) is 13.0. The topological polar surface area (TPSA) is 29.3 Å². The normalized spacial score (nSPS) is 17.1. The third-order valence-electron chi connectivity index (χ3n) is 3.73. The molecule has 2 rings (SSSR count). The Morgan fingerprint density at radius 1 is 1.39 bits per heavy atom. The predicted molar refractivity (Wildman–Crippen MR) is 78.4 cm³/mol. The molecule has 0 radical (unpaired) electrons. The average Bonchev–Trinajstić information content (AvgIpc) is 3.12. The monoisotopic (exact) mass is 246 g/mol. The maximum absolute atomic E-state index is 5.86. The van der Waals surface area contributed by atoms with E-state index in [2.05, 4.69) is 36.9 Å². The van der Waals surface area contributed by atoms with Gasteiger partial charge in [0.2, 0.25) is 0 Å². The summed E-state index contributed by atoms with van der Waals surface area (Å²) in [5.41, 5.74) is 8.09. The molecule has 1 atom stereocenters. The molecule has 1 aromatic carbocycles. The summed E-state index contributed by atoms with van der Waals surface area (Å²) >= 11 is 0. The molecule has 1 fully saturated rings. The summed E-state index contributed by atoms with van der Waals surface area (Å²) in [6.07, 6.45) is 5.38. The number of nitrogens with zero attached hydrogens (tertiary/aromatic N) is 1. The fourth-order valence-corrected chi connectivity index (χ4v) is 2.69. The zero-order valence-electron chi connectivity index (χ0n) is 11.7. The van der Waals surface area contributed by atoms with Crippen molar-refractivity contribution in [3.8, 4) is 0 Å². The van der Waals surface area contributed by atoms with Crippen molar-refractivity contribution in [1.82, 2.24) is 4.90 Å². The molecule has 2 nitrogen and oxygen atoms in total. The first-order valence-corrected chi connectivity index (χ1v) is 7.27. The van der Waals surface area contributed by atoms with Crippen molar-refractivity contribution in [2.45, 2.75) is 52.1 Å². The van der Waals surface area contributed by atoms with Crippen molar-refractivity contribution in [1.29, 1.82) is 0 Å². The summed E-state index contributed by atoms with van der Waals surface area (Å²) in [6.45, 7) is 6.94. The third kappa shape index (κ3) is 4.02. The van der Waals surface area contributed by atoms with Gasteiger partial charge in [-0.3, -0.25) is 4.90 Å². The van der Waals surface area contributed by atoms with Gasteiger partial charge in [-0.2, -0.15) is 0 Å². The van der Waals surface area contributed by atoms with Crippen molar-refractivity contribution < 1.29 is 0 Å². The fraction of sp³-hybridized carbons (Fsp3) is 0.625. The smallest absolute Gasteiger partial charge is 0.0317 e. The zero-order valence-corrected chi connectivity index (χ0v) is 11.7. The first kappa shape index (κ1) is 13.4. The minimum atomic E-state index is 0.802. The molecule has 1 aliphatic rings. The molecule has 0 aromatic heterocycles. The highest BCUT2D eigenvalue weighted by atomic mass is 15.2. The van der Waals surface area contributed by atoms with Gasteiger partial charge in [-0.1, -0.05) is 32.4 Å². The number of nitrogen functional groups attached to an aromatic ring is 1. The van der Waals surface area contributed by atoms with Crippen LogP contribution in [0.5, 0.6) is 0 Å². The number of hydrogen-bond donors (Lipinski definition) is 1. The van der Waals surface area contributed by atoms with Crippen LogP contribution >= 0.6 is 0 Å². The van der Waals surface area contributed by atoms with Crippen molar-refractivity contribution in [3.05, 3.63) is 29.8 Å². The lowest BCUT2D eigenvalue weighted by molar-refractivity contribution is 0.214. The van der Waals surface area contributed by atoms with Crippen LogP contribution in [0.15, 0.2) is 24.3 Å². The van der Waals surface area contributed by atoms with E-state index in [1.165, 1.54) is 37.8 Å². The van der Waals surface area contributed by atoms with Gasteiger partial charge in [0.25, 0.3) is 0 Å². The van der Waals surface area contributed by atoms with E-state index >= 15 is 0 Å². The summed E-state index contributed by atoms with van der Waals surface area (Å²) in [7, 11) is 0. The SMILES string of the molecule is CCCC(C)CN(Cc1cccc(N)c1)C1CC1. The van der Waals surface area contributed by atoms with E-state index in [1.54, 1.807) is 0 Å². The molecule has 1 unspecified atom stereocenters. The molecular formula is C16H26N2. The van der Waals surface area contributed by atoms with Gasteiger partial charge in [0.15, 0.2) is 0 Å². The van der Waals surface area contributed by atoms with Crippen LogP contribution in [-0.4, -0.2) is 17.5 Å². The lowest BCUT2D eigenvalue weighted by Crippen LogP contribution is -2.30. The summed E-state index contributed by atoms with van der Waals surface area (Å²) in [4.78, 5) is 2.65. The fourth-order valence-electron chi connectivity index (χ4n) is 2.69. The highest BCUT2D eigenvalue weighted by molar-refractivity contribution is 5.40. The molecule has 1 aliphatic carbocycles. The van der Waals surface area contributed by atoms with E-state index in [0.29, 0.717) is 0 Å². The standard InChI is InChI=1S/C16H26N2/c1-3-5-13(2)11-18(16-8-9-16)12-14-6-4-7-15(17)10-14/h4,6-7,10,13,16H,3,5,8-9,11-12,17H2,1-2H3. The number of benzene rings is 1. The van der Waals surface area contributed by atoms with Gasteiger partial charge >= 0.3 is 0 Å². The molecule has 1 aromatic rings. The largest absolute Gasteiger partial charge is 0.399 e. The second kappa shape index (κ2) is 6.24. The minimum absolute atomic E-state index is 0.802. The molecule has 2 heteroatoms. The van der Waals surface area contributed by atoms with Crippen LogP contribution in [0.25, 0.3) is 0 Å². The first-order valence-electron chi connectivity index (χ1n) is 7.27. The second-order valence-electron chi connectivity index (χ2n) is 5.80. The summed E-state index contributed by atoms with van der Waals surface area (Å²) in [6, 6.07) is 9.15. The molecule has 2 N–H and O–H groups in total. The van der Waals surface area contributed by atoms with Crippen LogP contribution in [0.3, 0.4) is 0 Å². The molecule has 18 heavy (non-hydrogen) atoms. The highest BCUT2D eigenvalue weighted by Crippen LogP contribution is 2.29. The third-order valence-corrected chi connectivity index (χ3v) is 3.73. The predicted octanol–water partition coefficient (Wildman–Crippen LogP) is 3.67. The molecule has 0 spiro atoms. The Bertz CT molecular complexity index is 371. The van der Waals surface area contributed by atoms with E-state index in [0.717, 1.165) is 24.2 Å². The van der Waals surface area contributed by atoms with Crippen LogP contribution in [0.2, 0.25) is 0 Å². The summed E-state index contributed by atoms with van der Waals surface area (Å²) in [5, 5.41) is 0.